The van der Waals surface area contributed by atoms with Crippen molar-refractivity contribution in [3.8, 4) is 0 Å². The number of rotatable bonds is 7. The number of esters is 1. The summed E-state index contributed by atoms with van der Waals surface area (Å²) >= 11 is 0. The maximum atomic E-state index is 12.0. The minimum Gasteiger partial charge on any atom is -0.466 e. The Labute approximate surface area is 161 Å². The molecule has 1 saturated heterocycles. The van der Waals surface area contributed by atoms with E-state index in [1.54, 1.807) is 7.05 Å². The molecule has 0 atom stereocenters. The average Bonchev–Trinajstić information content (AvgIpc) is 2.71. The van der Waals surface area contributed by atoms with Gasteiger partial charge in [-0.2, -0.15) is 0 Å². The molecule has 0 radical (unpaired) electrons. The van der Waals surface area contributed by atoms with Crippen molar-refractivity contribution in [2.75, 3.05) is 33.3 Å². The Morgan fingerprint density at radius 1 is 1.19 bits per heavy atom. The Bertz CT molecular complexity index is 625. The Morgan fingerprint density at radius 2 is 1.89 bits per heavy atom. The minimum absolute atomic E-state index is 0.00262. The van der Waals surface area contributed by atoms with Crippen molar-refractivity contribution in [1.29, 1.82) is 0 Å². The van der Waals surface area contributed by atoms with Crippen LogP contribution in [0.5, 0.6) is 0 Å². The number of ether oxygens (including phenoxy) is 1. The van der Waals surface area contributed by atoms with E-state index in [-0.39, 0.29) is 17.8 Å². The van der Waals surface area contributed by atoms with Gasteiger partial charge >= 0.3 is 5.97 Å². The van der Waals surface area contributed by atoms with Crippen LogP contribution in [0.15, 0.2) is 35.3 Å². The molecule has 27 heavy (non-hydrogen) atoms. The van der Waals surface area contributed by atoms with Gasteiger partial charge in [0.15, 0.2) is 5.96 Å². The summed E-state index contributed by atoms with van der Waals surface area (Å²) in [6.07, 6.45) is 1.90. The summed E-state index contributed by atoms with van der Waals surface area (Å²) in [5.74, 6) is 0.647. The fourth-order valence-electron chi connectivity index (χ4n) is 3.09. The van der Waals surface area contributed by atoms with Gasteiger partial charge in [-0.25, -0.2) is 0 Å². The van der Waals surface area contributed by atoms with Crippen LogP contribution in [-0.2, 0) is 20.9 Å². The van der Waals surface area contributed by atoms with Gasteiger partial charge in [-0.15, -0.1) is 0 Å². The van der Waals surface area contributed by atoms with Crippen LogP contribution >= 0.6 is 0 Å². The number of benzene rings is 1. The monoisotopic (exact) mass is 374 g/mol. The molecular weight excluding hydrogens is 344 g/mol. The number of nitrogens with zero attached hydrogens (tertiary/aromatic N) is 2. The second kappa shape index (κ2) is 11.2. The van der Waals surface area contributed by atoms with E-state index >= 15 is 0 Å². The summed E-state index contributed by atoms with van der Waals surface area (Å²) in [4.78, 5) is 30.2. The van der Waals surface area contributed by atoms with Gasteiger partial charge in [-0.05, 0) is 25.3 Å². The Kier molecular flexibility index (Phi) is 8.61. The average molecular weight is 374 g/mol. The molecule has 1 amide bonds. The van der Waals surface area contributed by atoms with E-state index in [0.29, 0.717) is 26.1 Å². The van der Waals surface area contributed by atoms with Crippen molar-refractivity contribution in [2.24, 2.45) is 10.9 Å². The van der Waals surface area contributed by atoms with Crippen LogP contribution in [0.25, 0.3) is 0 Å². The van der Waals surface area contributed by atoms with E-state index < -0.39 is 0 Å². The van der Waals surface area contributed by atoms with Gasteiger partial charge in [0.1, 0.15) is 0 Å². The number of piperidine rings is 1. The lowest BCUT2D eigenvalue weighted by Crippen LogP contribution is -2.47. The molecule has 1 heterocycles. The van der Waals surface area contributed by atoms with Crippen LogP contribution in [0.4, 0.5) is 0 Å². The first kappa shape index (κ1) is 20.7. The second-order valence-corrected chi connectivity index (χ2v) is 6.50. The first-order valence-corrected chi connectivity index (χ1v) is 9.57. The first-order chi connectivity index (χ1) is 13.1. The first-order valence-electron chi connectivity index (χ1n) is 9.57. The van der Waals surface area contributed by atoms with Gasteiger partial charge in [0.05, 0.1) is 12.5 Å². The molecule has 0 bridgehead atoms. The SMILES string of the molecule is CCOC(=O)C1CCN(C(=NC)NCCC(=O)NCc2ccccc2)CC1. The number of amides is 1. The standard InChI is InChI=1S/C20H30N4O3/c1-3-27-19(26)17-10-13-24(14-11-17)20(21-2)22-12-9-18(25)23-15-16-7-5-4-6-8-16/h4-8,17H,3,9-15H2,1-2H3,(H,21,22)(H,23,25). The third-order valence-corrected chi connectivity index (χ3v) is 4.59. The number of hydrogen-bond acceptors (Lipinski definition) is 4. The van der Waals surface area contributed by atoms with Gasteiger partial charge in [-0.1, -0.05) is 30.3 Å². The van der Waals surface area contributed by atoms with Gasteiger partial charge in [0, 0.05) is 39.6 Å². The quantitative estimate of drug-likeness (QED) is 0.430. The number of nitrogens with one attached hydrogen (secondary N) is 2. The Morgan fingerprint density at radius 3 is 2.52 bits per heavy atom. The van der Waals surface area contributed by atoms with E-state index in [2.05, 4.69) is 20.5 Å². The predicted octanol–water partition coefficient (Wildman–Crippen LogP) is 1.54. The van der Waals surface area contributed by atoms with Crippen molar-refractivity contribution in [1.82, 2.24) is 15.5 Å². The number of carbonyl (C=O) groups is 2. The van der Waals surface area contributed by atoms with E-state index in [4.69, 9.17) is 4.74 Å². The number of guanidine groups is 1. The second-order valence-electron chi connectivity index (χ2n) is 6.50. The Hall–Kier alpha value is -2.57. The van der Waals surface area contributed by atoms with Gasteiger partial charge in [-0.3, -0.25) is 14.6 Å². The zero-order valence-electron chi connectivity index (χ0n) is 16.2. The molecule has 2 N–H and O–H groups in total. The molecule has 0 saturated carbocycles. The van der Waals surface area contributed by atoms with Gasteiger partial charge in [0.2, 0.25) is 5.91 Å². The highest BCUT2D eigenvalue weighted by Gasteiger charge is 2.27. The molecule has 7 heteroatoms. The van der Waals surface area contributed by atoms with E-state index in [9.17, 15) is 9.59 Å². The fourth-order valence-corrected chi connectivity index (χ4v) is 3.09. The lowest BCUT2D eigenvalue weighted by Gasteiger charge is -2.33. The van der Waals surface area contributed by atoms with Crippen LogP contribution in [-0.4, -0.2) is 56.0 Å². The molecule has 7 nitrogen and oxygen atoms in total. The lowest BCUT2D eigenvalue weighted by molar-refractivity contribution is -0.149. The minimum atomic E-state index is -0.102. The van der Waals surface area contributed by atoms with Crippen molar-refractivity contribution in [3.05, 3.63) is 35.9 Å². The van der Waals surface area contributed by atoms with Crippen LogP contribution in [0, 0.1) is 5.92 Å². The third-order valence-electron chi connectivity index (χ3n) is 4.59. The van der Waals surface area contributed by atoms with Crippen LogP contribution < -0.4 is 10.6 Å². The smallest absolute Gasteiger partial charge is 0.309 e. The van der Waals surface area contributed by atoms with Crippen molar-refractivity contribution in [3.63, 3.8) is 0 Å². The van der Waals surface area contributed by atoms with E-state index in [1.807, 2.05) is 37.3 Å². The van der Waals surface area contributed by atoms with Crippen molar-refractivity contribution < 1.29 is 14.3 Å². The summed E-state index contributed by atoms with van der Waals surface area (Å²) in [6, 6.07) is 9.84. The molecule has 1 aliphatic heterocycles. The highest BCUT2D eigenvalue weighted by molar-refractivity contribution is 5.82. The maximum Gasteiger partial charge on any atom is 0.309 e. The molecule has 1 aliphatic rings. The van der Waals surface area contributed by atoms with Crippen LogP contribution in [0.2, 0.25) is 0 Å². The number of likely N-dealkylation sites (tertiary alicyclic amines) is 1. The number of carbonyl (C=O) groups excluding carboxylic acids is 2. The largest absolute Gasteiger partial charge is 0.466 e. The van der Waals surface area contributed by atoms with Crippen LogP contribution in [0.3, 0.4) is 0 Å². The molecule has 1 aromatic rings. The van der Waals surface area contributed by atoms with E-state index in [0.717, 1.165) is 37.5 Å². The normalized spacial score (nSPS) is 15.3. The predicted molar refractivity (Wildman–Crippen MR) is 105 cm³/mol. The molecule has 1 aromatic carbocycles. The lowest BCUT2D eigenvalue weighted by atomic mass is 9.97. The van der Waals surface area contributed by atoms with Gasteiger partial charge in [0.25, 0.3) is 0 Å². The zero-order valence-corrected chi connectivity index (χ0v) is 16.2. The van der Waals surface area contributed by atoms with Crippen LogP contribution in [0.1, 0.15) is 31.7 Å². The molecule has 148 valence electrons. The van der Waals surface area contributed by atoms with Gasteiger partial charge < -0.3 is 20.3 Å². The molecule has 0 unspecified atom stereocenters. The number of hydrogen-bond donors (Lipinski definition) is 2. The molecule has 1 fully saturated rings. The third kappa shape index (κ3) is 6.92. The molecule has 0 spiro atoms. The topological polar surface area (TPSA) is 83.0 Å². The summed E-state index contributed by atoms with van der Waals surface area (Å²) in [7, 11) is 1.73. The van der Waals surface area contributed by atoms with Crippen molar-refractivity contribution >= 4 is 17.8 Å². The maximum absolute atomic E-state index is 12.0. The highest BCUT2D eigenvalue weighted by atomic mass is 16.5. The summed E-state index contributed by atoms with van der Waals surface area (Å²) in [5.41, 5.74) is 1.08. The summed E-state index contributed by atoms with van der Waals surface area (Å²) < 4.78 is 5.10. The fraction of sp³-hybridized carbons (Fsp3) is 0.550. The van der Waals surface area contributed by atoms with Crippen molar-refractivity contribution in [2.45, 2.75) is 32.7 Å². The summed E-state index contributed by atoms with van der Waals surface area (Å²) in [5, 5.41) is 6.15. The Balaban J connectivity index is 1.67. The summed E-state index contributed by atoms with van der Waals surface area (Å²) in [6.45, 7) is 4.82. The number of aliphatic imine (C=N–C) groups is 1. The molecule has 2 rings (SSSR count). The molecular formula is C20H30N4O3. The zero-order chi connectivity index (χ0) is 19.5. The van der Waals surface area contributed by atoms with E-state index in [1.165, 1.54) is 0 Å². The molecule has 0 aliphatic carbocycles. The highest BCUT2D eigenvalue weighted by Crippen LogP contribution is 2.18. The molecule has 0 aromatic heterocycles.